The highest BCUT2D eigenvalue weighted by Crippen LogP contribution is 2.28. The fourth-order valence-electron chi connectivity index (χ4n) is 2.23. The zero-order valence-electron chi connectivity index (χ0n) is 10.4. The van der Waals surface area contributed by atoms with Gasteiger partial charge < -0.3 is 9.64 Å². The van der Waals surface area contributed by atoms with E-state index in [9.17, 15) is 0 Å². The van der Waals surface area contributed by atoms with E-state index in [1.54, 1.807) is 0 Å². The van der Waals surface area contributed by atoms with Crippen LogP contribution >= 0.6 is 0 Å². The Hall–Kier alpha value is -0.540. The van der Waals surface area contributed by atoms with Gasteiger partial charge in [0.15, 0.2) is 0 Å². The van der Waals surface area contributed by atoms with Gasteiger partial charge in [-0.3, -0.25) is 5.32 Å². The van der Waals surface area contributed by atoms with Crippen LogP contribution in [0.3, 0.4) is 0 Å². The van der Waals surface area contributed by atoms with Crippen LogP contribution in [0.25, 0.3) is 0 Å². The van der Waals surface area contributed by atoms with Gasteiger partial charge in [0.1, 0.15) is 5.72 Å². The molecule has 0 aromatic rings. The summed E-state index contributed by atoms with van der Waals surface area (Å²) >= 11 is 0. The average molecular weight is 212 g/mol. The van der Waals surface area contributed by atoms with Gasteiger partial charge in [-0.1, -0.05) is 19.9 Å². The molecule has 0 aromatic carbocycles. The van der Waals surface area contributed by atoms with Crippen molar-refractivity contribution in [1.82, 2.24) is 10.2 Å². The number of hydrogen-bond acceptors (Lipinski definition) is 3. The summed E-state index contributed by atoms with van der Waals surface area (Å²) in [6, 6.07) is 0.747. The SMILES string of the molecule is C=CN(C)[C@@H](C)[C@@]1(CCC)N[C@H](C)CO1. The Labute approximate surface area is 93.5 Å². The molecule has 0 radical (unpaired) electrons. The molecule has 0 aromatic heterocycles. The van der Waals surface area contributed by atoms with Crippen LogP contribution in [-0.4, -0.2) is 36.4 Å². The van der Waals surface area contributed by atoms with Crippen LogP contribution in [0, 0.1) is 0 Å². The summed E-state index contributed by atoms with van der Waals surface area (Å²) in [5, 5.41) is 3.57. The first-order valence-electron chi connectivity index (χ1n) is 5.82. The minimum atomic E-state index is -0.197. The predicted octanol–water partition coefficient (Wildman–Crippen LogP) is 1.95. The van der Waals surface area contributed by atoms with Crippen molar-refractivity contribution in [3.8, 4) is 0 Å². The second-order valence-electron chi connectivity index (χ2n) is 4.52. The number of likely N-dealkylation sites (N-methyl/N-ethyl adjacent to an activating group) is 1. The third kappa shape index (κ3) is 2.52. The molecule has 0 spiro atoms. The second kappa shape index (κ2) is 4.99. The average Bonchev–Trinajstić information content (AvgIpc) is 2.59. The third-order valence-corrected chi connectivity index (χ3v) is 3.28. The van der Waals surface area contributed by atoms with Crippen molar-refractivity contribution in [3.05, 3.63) is 12.8 Å². The predicted molar refractivity (Wildman–Crippen MR) is 63.6 cm³/mol. The molecule has 1 aliphatic heterocycles. The first-order chi connectivity index (χ1) is 7.05. The van der Waals surface area contributed by atoms with E-state index < -0.39 is 0 Å². The number of nitrogens with zero attached hydrogens (tertiary/aromatic N) is 1. The van der Waals surface area contributed by atoms with Gasteiger partial charge in [-0.25, -0.2) is 0 Å². The molecular formula is C12H24N2O. The molecule has 3 nitrogen and oxygen atoms in total. The fourth-order valence-corrected chi connectivity index (χ4v) is 2.23. The minimum Gasteiger partial charge on any atom is -0.374 e. The summed E-state index contributed by atoms with van der Waals surface area (Å²) in [4.78, 5) is 2.11. The van der Waals surface area contributed by atoms with E-state index in [1.165, 1.54) is 0 Å². The largest absolute Gasteiger partial charge is 0.374 e. The molecule has 0 saturated carbocycles. The van der Waals surface area contributed by atoms with E-state index in [1.807, 2.05) is 13.2 Å². The van der Waals surface area contributed by atoms with Gasteiger partial charge in [0.05, 0.1) is 12.6 Å². The van der Waals surface area contributed by atoms with Crippen LogP contribution in [0.15, 0.2) is 12.8 Å². The van der Waals surface area contributed by atoms with Gasteiger partial charge in [0.25, 0.3) is 0 Å². The van der Waals surface area contributed by atoms with Crippen LogP contribution in [0.5, 0.6) is 0 Å². The van der Waals surface area contributed by atoms with Crippen LogP contribution < -0.4 is 5.32 Å². The van der Waals surface area contributed by atoms with Crippen LogP contribution in [0.1, 0.15) is 33.6 Å². The lowest BCUT2D eigenvalue weighted by Crippen LogP contribution is -2.56. The molecule has 0 amide bonds. The Morgan fingerprint density at radius 1 is 1.73 bits per heavy atom. The van der Waals surface area contributed by atoms with Gasteiger partial charge in [0.2, 0.25) is 0 Å². The zero-order valence-corrected chi connectivity index (χ0v) is 10.4. The number of rotatable bonds is 5. The highest BCUT2D eigenvalue weighted by molar-refractivity contribution is 4.96. The molecule has 1 aliphatic rings. The van der Waals surface area contributed by atoms with E-state index in [-0.39, 0.29) is 5.72 Å². The molecule has 1 fully saturated rings. The molecule has 0 bridgehead atoms. The van der Waals surface area contributed by atoms with Gasteiger partial charge in [-0.15, -0.1) is 0 Å². The topological polar surface area (TPSA) is 24.5 Å². The molecule has 0 unspecified atom stereocenters. The number of nitrogens with one attached hydrogen (secondary N) is 1. The number of hydrogen-bond donors (Lipinski definition) is 1. The van der Waals surface area contributed by atoms with Crippen LogP contribution in [-0.2, 0) is 4.74 Å². The second-order valence-corrected chi connectivity index (χ2v) is 4.52. The first kappa shape index (κ1) is 12.5. The molecule has 15 heavy (non-hydrogen) atoms. The molecule has 1 rings (SSSR count). The van der Waals surface area contributed by atoms with Crippen molar-refractivity contribution in [2.75, 3.05) is 13.7 Å². The van der Waals surface area contributed by atoms with Crippen LogP contribution in [0.2, 0.25) is 0 Å². The summed E-state index contributed by atoms with van der Waals surface area (Å²) in [5.41, 5.74) is -0.197. The highest BCUT2D eigenvalue weighted by atomic mass is 16.5. The lowest BCUT2D eigenvalue weighted by molar-refractivity contribution is -0.0646. The Bertz CT molecular complexity index is 216. The minimum absolute atomic E-state index is 0.197. The summed E-state index contributed by atoms with van der Waals surface area (Å²) in [7, 11) is 2.04. The van der Waals surface area contributed by atoms with E-state index in [2.05, 4.69) is 37.6 Å². The molecule has 3 atom stereocenters. The number of ether oxygens (including phenoxy) is 1. The van der Waals surface area contributed by atoms with Crippen molar-refractivity contribution in [2.24, 2.45) is 0 Å². The normalized spacial score (nSPS) is 32.7. The molecule has 0 aliphatic carbocycles. The van der Waals surface area contributed by atoms with Crippen molar-refractivity contribution >= 4 is 0 Å². The van der Waals surface area contributed by atoms with Gasteiger partial charge in [0, 0.05) is 13.1 Å². The molecule has 1 heterocycles. The third-order valence-electron chi connectivity index (χ3n) is 3.28. The Kier molecular flexibility index (Phi) is 4.17. The van der Waals surface area contributed by atoms with Crippen molar-refractivity contribution in [3.63, 3.8) is 0 Å². The highest BCUT2D eigenvalue weighted by Gasteiger charge is 2.43. The molecular weight excluding hydrogens is 188 g/mol. The monoisotopic (exact) mass is 212 g/mol. The maximum absolute atomic E-state index is 5.98. The molecule has 3 heteroatoms. The van der Waals surface area contributed by atoms with E-state index in [4.69, 9.17) is 4.74 Å². The quantitative estimate of drug-likeness (QED) is 0.754. The summed E-state index contributed by atoms with van der Waals surface area (Å²) in [6.45, 7) is 11.1. The summed E-state index contributed by atoms with van der Waals surface area (Å²) in [6.07, 6.45) is 4.02. The van der Waals surface area contributed by atoms with E-state index in [0.717, 1.165) is 19.4 Å². The maximum atomic E-state index is 5.98. The Balaban J connectivity index is 2.76. The van der Waals surface area contributed by atoms with Crippen molar-refractivity contribution in [2.45, 2.75) is 51.4 Å². The molecule has 1 N–H and O–H groups in total. The Morgan fingerprint density at radius 3 is 2.80 bits per heavy atom. The zero-order chi connectivity index (χ0) is 11.5. The molecule has 88 valence electrons. The maximum Gasteiger partial charge on any atom is 0.139 e. The van der Waals surface area contributed by atoms with Crippen molar-refractivity contribution in [1.29, 1.82) is 0 Å². The lowest BCUT2D eigenvalue weighted by atomic mass is 9.99. The standard InChI is InChI=1S/C12H24N2O/c1-6-8-12(11(4)14(5)7-2)13-10(3)9-15-12/h7,10-11,13H,2,6,8-9H2,1,3-5H3/t10-,11+,12+/m1/s1. The van der Waals surface area contributed by atoms with Crippen LogP contribution in [0.4, 0.5) is 0 Å². The summed E-state index contributed by atoms with van der Waals surface area (Å²) < 4.78 is 5.98. The molecule has 1 saturated heterocycles. The van der Waals surface area contributed by atoms with Gasteiger partial charge >= 0.3 is 0 Å². The van der Waals surface area contributed by atoms with Crippen molar-refractivity contribution < 1.29 is 4.74 Å². The lowest BCUT2D eigenvalue weighted by Gasteiger charge is -2.39. The Morgan fingerprint density at radius 2 is 2.40 bits per heavy atom. The van der Waals surface area contributed by atoms with Gasteiger partial charge in [-0.2, -0.15) is 0 Å². The smallest absolute Gasteiger partial charge is 0.139 e. The first-order valence-corrected chi connectivity index (χ1v) is 5.82. The fraction of sp³-hybridized carbons (Fsp3) is 0.833. The van der Waals surface area contributed by atoms with E-state index in [0.29, 0.717) is 12.1 Å². The van der Waals surface area contributed by atoms with E-state index >= 15 is 0 Å². The summed E-state index contributed by atoms with van der Waals surface area (Å²) in [5.74, 6) is 0. The van der Waals surface area contributed by atoms with Gasteiger partial charge in [-0.05, 0) is 26.5 Å².